The first kappa shape index (κ1) is 16.1. The zero-order chi connectivity index (χ0) is 16.2. The van der Waals surface area contributed by atoms with Crippen molar-refractivity contribution in [3.63, 3.8) is 0 Å². The van der Waals surface area contributed by atoms with Crippen LogP contribution < -0.4 is 5.32 Å². The van der Waals surface area contributed by atoms with Gasteiger partial charge in [-0.15, -0.1) is 11.3 Å². The zero-order valence-corrected chi connectivity index (χ0v) is 14.5. The largest absolute Gasteiger partial charge is 0.337 e. The van der Waals surface area contributed by atoms with Crippen LogP contribution in [0.1, 0.15) is 29.8 Å². The van der Waals surface area contributed by atoms with E-state index in [1.54, 1.807) is 10.9 Å². The Bertz CT molecular complexity index is 657. The second-order valence-corrected chi connectivity index (χ2v) is 6.93. The van der Waals surface area contributed by atoms with Crippen molar-refractivity contribution in [2.24, 2.45) is 13.0 Å². The fourth-order valence-electron chi connectivity index (χ4n) is 2.97. The number of hydrogen-bond acceptors (Lipinski definition) is 5. The summed E-state index contributed by atoms with van der Waals surface area (Å²) in [5, 5.41) is 10.1. The summed E-state index contributed by atoms with van der Waals surface area (Å²) < 4.78 is 1.74. The van der Waals surface area contributed by atoms with Crippen LogP contribution in [0.4, 0.5) is 0 Å². The number of amides is 1. The lowest BCUT2D eigenvalue weighted by Gasteiger charge is -2.31. The third-order valence-corrected chi connectivity index (χ3v) is 5.27. The first-order chi connectivity index (χ1) is 11.2. The lowest BCUT2D eigenvalue weighted by atomic mass is 9.93. The molecule has 0 aliphatic carbocycles. The maximum Gasteiger partial charge on any atom is 0.273 e. The highest BCUT2D eigenvalue weighted by atomic mass is 32.1. The lowest BCUT2D eigenvalue weighted by Crippen LogP contribution is -2.39. The van der Waals surface area contributed by atoms with E-state index >= 15 is 0 Å². The molecule has 2 aromatic heterocycles. The third kappa shape index (κ3) is 3.79. The molecule has 0 spiro atoms. The van der Waals surface area contributed by atoms with Crippen LogP contribution in [0.3, 0.4) is 0 Å². The van der Waals surface area contributed by atoms with Crippen LogP contribution in [0.2, 0.25) is 0 Å². The van der Waals surface area contributed by atoms with Gasteiger partial charge in [0.25, 0.3) is 5.91 Å². The van der Waals surface area contributed by atoms with Gasteiger partial charge in [-0.2, -0.15) is 5.10 Å². The van der Waals surface area contributed by atoms with Crippen molar-refractivity contribution in [3.05, 3.63) is 23.5 Å². The molecule has 0 radical (unpaired) electrons. The molecule has 6 nitrogen and oxygen atoms in total. The predicted octanol–water partition coefficient (Wildman–Crippen LogP) is 2.01. The minimum atomic E-state index is 0.0588. The molecule has 0 unspecified atom stereocenters. The Kier molecular flexibility index (Phi) is 5.07. The van der Waals surface area contributed by atoms with E-state index < -0.39 is 0 Å². The standard InChI is InChI=1S/C16H23N5OS/c1-17-6-3-12-4-7-21(8-5-12)16(22)14-11-23-15(19-14)13-9-18-20(2)10-13/h9-12,17H,3-8H2,1-2H3. The Balaban J connectivity index is 1.60. The second-order valence-electron chi connectivity index (χ2n) is 6.07. The number of nitrogens with zero attached hydrogens (tertiary/aromatic N) is 4. The quantitative estimate of drug-likeness (QED) is 0.909. The van der Waals surface area contributed by atoms with Gasteiger partial charge >= 0.3 is 0 Å². The van der Waals surface area contributed by atoms with Gasteiger partial charge in [-0.05, 0) is 38.8 Å². The Morgan fingerprint density at radius 3 is 2.87 bits per heavy atom. The van der Waals surface area contributed by atoms with Gasteiger partial charge in [0.05, 0.1) is 6.20 Å². The fraction of sp³-hybridized carbons (Fsp3) is 0.562. The fourth-order valence-corrected chi connectivity index (χ4v) is 3.74. The van der Waals surface area contributed by atoms with Gasteiger partial charge in [-0.3, -0.25) is 9.48 Å². The summed E-state index contributed by atoms with van der Waals surface area (Å²) in [6, 6.07) is 0. The Morgan fingerprint density at radius 1 is 1.43 bits per heavy atom. The lowest BCUT2D eigenvalue weighted by molar-refractivity contribution is 0.0682. The van der Waals surface area contributed by atoms with Crippen LogP contribution in [-0.2, 0) is 7.05 Å². The van der Waals surface area contributed by atoms with Crippen LogP contribution in [0, 0.1) is 5.92 Å². The second kappa shape index (κ2) is 7.23. The summed E-state index contributed by atoms with van der Waals surface area (Å²) in [5.41, 5.74) is 1.52. The number of aromatic nitrogens is 3. The highest BCUT2D eigenvalue weighted by Gasteiger charge is 2.25. The normalized spacial score (nSPS) is 16.0. The molecule has 1 fully saturated rings. The van der Waals surface area contributed by atoms with E-state index in [0.717, 1.165) is 49.0 Å². The molecule has 1 saturated heterocycles. The van der Waals surface area contributed by atoms with Crippen LogP contribution in [0.25, 0.3) is 10.6 Å². The summed E-state index contributed by atoms with van der Waals surface area (Å²) in [6.45, 7) is 2.74. The average Bonchev–Trinajstić information content (AvgIpc) is 3.21. The zero-order valence-electron chi connectivity index (χ0n) is 13.7. The molecule has 2 aromatic rings. The van der Waals surface area contributed by atoms with E-state index in [1.807, 2.05) is 30.6 Å². The minimum absolute atomic E-state index is 0.0588. The molecule has 124 valence electrons. The van der Waals surface area contributed by atoms with Crippen LogP contribution in [0.15, 0.2) is 17.8 Å². The van der Waals surface area contributed by atoms with Crippen molar-refractivity contribution in [2.45, 2.75) is 19.3 Å². The Labute approximate surface area is 140 Å². The third-order valence-electron chi connectivity index (χ3n) is 4.38. The van der Waals surface area contributed by atoms with Crippen molar-refractivity contribution in [1.29, 1.82) is 0 Å². The smallest absolute Gasteiger partial charge is 0.273 e. The van der Waals surface area contributed by atoms with E-state index in [-0.39, 0.29) is 5.91 Å². The van der Waals surface area contributed by atoms with Gasteiger partial charge in [-0.1, -0.05) is 0 Å². The molecule has 1 aliphatic rings. The Hall–Kier alpha value is -1.73. The summed E-state index contributed by atoms with van der Waals surface area (Å²) in [4.78, 5) is 19.1. The molecule has 1 aliphatic heterocycles. The van der Waals surface area contributed by atoms with Crippen molar-refractivity contribution >= 4 is 17.2 Å². The molecule has 1 amide bonds. The summed E-state index contributed by atoms with van der Waals surface area (Å²) in [7, 11) is 3.86. The number of piperidine rings is 1. The topological polar surface area (TPSA) is 63.1 Å². The summed E-state index contributed by atoms with van der Waals surface area (Å²) >= 11 is 1.50. The van der Waals surface area contributed by atoms with Crippen molar-refractivity contribution in [2.75, 3.05) is 26.7 Å². The number of thiazole rings is 1. The molecular weight excluding hydrogens is 310 g/mol. The van der Waals surface area contributed by atoms with Crippen LogP contribution in [0.5, 0.6) is 0 Å². The van der Waals surface area contributed by atoms with Gasteiger partial charge < -0.3 is 10.2 Å². The molecule has 0 saturated carbocycles. The molecule has 23 heavy (non-hydrogen) atoms. The van der Waals surface area contributed by atoms with E-state index in [9.17, 15) is 4.79 Å². The highest BCUT2D eigenvalue weighted by molar-refractivity contribution is 7.13. The average molecular weight is 333 g/mol. The van der Waals surface area contributed by atoms with Gasteiger partial charge in [0.1, 0.15) is 10.7 Å². The molecule has 0 aromatic carbocycles. The summed E-state index contributed by atoms with van der Waals surface area (Å²) in [6.07, 6.45) is 7.07. The van der Waals surface area contributed by atoms with Crippen molar-refractivity contribution < 1.29 is 4.79 Å². The van der Waals surface area contributed by atoms with Crippen LogP contribution >= 0.6 is 11.3 Å². The van der Waals surface area contributed by atoms with Gasteiger partial charge in [-0.25, -0.2) is 4.98 Å². The number of carbonyl (C=O) groups excluding carboxylic acids is 1. The molecule has 3 heterocycles. The predicted molar refractivity (Wildman–Crippen MR) is 91.5 cm³/mol. The summed E-state index contributed by atoms with van der Waals surface area (Å²) in [5.74, 6) is 0.788. The molecule has 3 rings (SSSR count). The number of rotatable bonds is 5. The molecule has 0 atom stereocenters. The van der Waals surface area contributed by atoms with E-state index in [0.29, 0.717) is 5.69 Å². The molecule has 0 bridgehead atoms. The van der Waals surface area contributed by atoms with Crippen molar-refractivity contribution in [3.8, 4) is 10.6 Å². The molecular formula is C16H23N5OS. The molecule has 7 heteroatoms. The first-order valence-corrected chi connectivity index (χ1v) is 8.93. The van der Waals surface area contributed by atoms with Gasteiger partial charge in [0, 0.05) is 37.3 Å². The number of nitrogens with one attached hydrogen (secondary N) is 1. The monoisotopic (exact) mass is 333 g/mol. The number of hydrogen-bond donors (Lipinski definition) is 1. The number of likely N-dealkylation sites (tertiary alicyclic amines) is 1. The molecule has 1 N–H and O–H groups in total. The maximum atomic E-state index is 12.6. The van der Waals surface area contributed by atoms with Gasteiger partial charge in [0.2, 0.25) is 0 Å². The number of carbonyl (C=O) groups is 1. The Morgan fingerprint density at radius 2 is 2.22 bits per heavy atom. The van der Waals surface area contributed by atoms with Crippen LogP contribution in [-0.4, -0.2) is 52.3 Å². The highest BCUT2D eigenvalue weighted by Crippen LogP contribution is 2.25. The van der Waals surface area contributed by atoms with E-state index in [1.165, 1.54) is 17.8 Å². The van der Waals surface area contributed by atoms with E-state index in [2.05, 4.69) is 15.4 Å². The SMILES string of the molecule is CNCCC1CCN(C(=O)c2csc(-c3cnn(C)c3)n2)CC1. The van der Waals surface area contributed by atoms with Gasteiger partial charge in [0.15, 0.2) is 0 Å². The van der Waals surface area contributed by atoms with Crippen molar-refractivity contribution in [1.82, 2.24) is 25.0 Å². The first-order valence-electron chi connectivity index (χ1n) is 8.06. The van der Waals surface area contributed by atoms with E-state index in [4.69, 9.17) is 0 Å². The number of aryl methyl sites for hydroxylation is 1. The maximum absolute atomic E-state index is 12.6. The minimum Gasteiger partial charge on any atom is -0.337 e.